The monoisotopic (exact) mass is 252 g/mol. The van der Waals surface area contributed by atoms with Crippen LogP contribution in [0, 0.1) is 0 Å². The van der Waals surface area contributed by atoms with Gasteiger partial charge >= 0.3 is 0 Å². The average Bonchev–Trinajstić information content (AvgIpc) is 2.71. The number of hydrogen-bond acceptors (Lipinski definition) is 4. The molecule has 0 aromatic rings. The third-order valence-corrected chi connectivity index (χ3v) is 2.93. The van der Waals surface area contributed by atoms with Gasteiger partial charge in [0.2, 0.25) is 6.79 Å². The van der Waals surface area contributed by atoms with Crippen molar-refractivity contribution in [3.05, 3.63) is 36.3 Å². The fourth-order valence-electron chi connectivity index (χ4n) is 1.59. The van der Waals surface area contributed by atoms with Gasteiger partial charge in [0, 0.05) is 19.6 Å². The molecule has 4 nitrogen and oxygen atoms in total. The molecule has 0 atom stereocenters. The molecular weight excluding hydrogens is 228 g/mol. The zero-order chi connectivity index (χ0) is 13.5. The zero-order valence-electron chi connectivity index (χ0n) is 11.7. The van der Waals surface area contributed by atoms with Gasteiger partial charge in [-0.1, -0.05) is 20.1 Å². The van der Waals surface area contributed by atoms with Gasteiger partial charge in [0.1, 0.15) is 0 Å². The van der Waals surface area contributed by atoms with Crippen LogP contribution in [0.5, 0.6) is 0 Å². The van der Waals surface area contributed by atoms with E-state index in [1.54, 1.807) is 0 Å². The van der Waals surface area contributed by atoms with E-state index in [1.165, 1.54) is 0 Å². The highest BCUT2D eigenvalue weighted by Crippen LogP contribution is 2.20. The maximum atomic E-state index is 5.28. The summed E-state index contributed by atoms with van der Waals surface area (Å²) in [7, 11) is 4.21. The Hall–Kier alpha value is -1.26. The highest BCUT2D eigenvalue weighted by atomic mass is 16.7. The minimum atomic E-state index is 0.259. The van der Waals surface area contributed by atoms with Gasteiger partial charge < -0.3 is 19.3 Å². The fraction of sp³-hybridized carbons (Fsp3) is 0.571. The molecule has 0 amide bonds. The van der Waals surface area contributed by atoms with Gasteiger partial charge in [-0.05, 0) is 32.3 Å². The van der Waals surface area contributed by atoms with E-state index in [0.717, 1.165) is 31.8 Å². The Labute approximate surface area is 110 Å². The van der Waals surface area contributed by atoms with Crippen LogP contribution in [0.4, 0.5) is 0 Å². The lowest BCUT2D eigenvalue weighted by atomic mass is 10.2. The van der Waals surface area contributed by atoms with Crippen LogP contribution in [0.25, 0.3) is 0 Å². The van der Waals surface area contributed by atoms with Crippen LogP contribution in [0.15, 0.2) is 36.3 Å². The second-order valence-electron chi connectivity index (χ2n) is 4.63. The summed E-state index contributed by atoms with van der Waals surface area (Å²) >= 11 is 0. The SMILES string of the molecule is C=C(/C=C1/OCOC1=C)CN(C)CCN(C)CC. The Morgan fingerprint density at radius 2 is 1.94 bits per heavy atom. The van der Waals surface area contributed by atoms with E-state index >= 15 is 0 Å². The van der Waals surface area contributed by atoms with E-state index in [1.807, 2.05) is 6.08 Å². The van der Waals surface area contributed by atoms with Crippen molar-refractivity contribution < 1.29 is 9.47 Å². The standard InChI is InChI=1S/C14H24N2O2/c1-6-15(4)7-8-16(5)10-12(2)9-14-13(3)17-11-18-14/h9H,2-3,6-8,10-11H2,1,4-5H3/b14-9+. The minimum absolute atomic E-state index is 0.259. The molecule has 0 radical (unpaired) electrons. The van der Waals surface area contributed by atoms with E-state index in [0.29, 0.717) is 11.5 Å². The molecule has 1 saturated heterocycles. The Bertz CT molecular complexity index is 337. The largest absolute Gasteiger partial charge is 0.454 e. The summed E-state index contributed by atoms with van der Waals surface area (Å²) in [5, 5.41) is 0. The summed E-state index contributed by atoms with van der Waals surface area (Å²) in [6.07, 6.45) is 1.90. The number of ether oxygens (including phenoxy) is 2. The first kappa shape index (κ1) is 14.8. The molecule has 0 aromatic carbocycles. The molecule has 1 heterocycles. The van der Waals surface area contributed by atoms with E-state index in [2.05, 4.69) is 44.0 Å². The Morgan fingerprint density at radius 3 is 2.50 bits per heavy atom. The molecular formula is C14H24N2O2. The fourth-order valence-corrected chi connectivity index (χ4v) is 1.59. The molecule has 0 bridgehead atoms. The van der Waals surface area contributed by atoms with Crippen LogP contribution in [0.3, 0.4) is 0 Å². The summed E-state index contributed by atoms with van der Waals surface area (Å²) in [5.41, 5.74) is 0.998. The van der Waals surface area contributed by atoms with E-state index in [9.17, 15) is 0 Å². The van der Waals surface area contributed by atoms with Crippen molar-refractivity contribution in [1.29, 1.82) is 0 Å². The third kappa shape index (κ3) is 4.94. The summed E-state index contributed by atoms with van der Waals surface area (Å²) in [6, 6.07) is 0. The number of rotatable bonds is 7. The van der Waals surface area contributed by atoms with E-state index in [4.69, 9.17) is 9.47 Å². The first-order valence-electron chi connectivity index (χ1n) is 6.24. The van der Waals surface area contributed by atoms with Crippen molar-refractivity contribution in [2.24, 2.45) is 0 Å². The first-order valence-corrected chi connectivity index (χ1v) is 6.24. The first-order chi connectivity index (χ1) is 8.52. The second kappa shape index (κ2) is 7.24. The predicted octanol–water partition coefficient (Wildman–Crippen LogP) is 1.83. The van der Waals surface area contributed by atoms with Crippen LogP contribution in [0.1, 0.15) is 6.92 Å². The predicted molar refractivity (Wildman–Crippen MR) is 74.1 cm³/mol. The molecule has 4 heteroatoms. The van der Waals surface area contributed by atoms with Crippen molar-refractivity contribution in [3.8, 4) is 0 Å². The van der Waals surface area contributed by atoms with Gasteiger partial charge in [0.25, 0.3) is 0 Å². The quantitative estimate of drug-likeness (QED) is 0.690. The molecule has 1 rings (SSSR count). The van der Waals surface area contributed by atoms with Gasteiger partial charge in [-0.25, -0.2) is 0 Å². The molecule has 1 fully saturated rings. The van der Waals surface area contributed by atoms with Gasteiger partial charge in [-0.2, -0.15) is 0 Å². The highest BCUT2D eigenvalue weighted by molar-refractivity contribution is 5.29. The molecule has 0 saturated carbocycles. The third-order valence-electron chi connectivity index (χ3n) is 2.93. The average molecular weight is 252 g/mol. The maximum Gasteiger partial charge on any atom is 0.231 e. The number of likely N-dealkylation sites (N-methyl/N-ethyl adjacent to an activating group) is 2. The Kier molecular flexibility index (Phi) is 5.95. The molecule has 1 aliphatic heterocycles. The van der Waals surface area contributed by atoms with Crippen LogP contribution in [-0.4, -0.2) is 56.9 Å². The zero-order valence-corrected chi connectivity index (χ0v) is 11.7. The normalized spacial score (nSPS) is 17.4. The van der Waals surface area contributed by atoms with E-state index in [-0.39, 0.29) is 6.79 Å². The lowest BCUT2D eigenvalue weighted by Crippen LogP contribution is -2.31. The molecule has 0 unspecified atom stereocenters. The Balaban J connectivity index is 2.33. The smallest absolute Gasteiger partial charge is 0.231 e. The molecule has 0 aliphatic carbocycles. The molecule has 102 valence electrons. The molecule has 0 aromatic heterocycles. The topological polar surface area (TPSA) is 24.9 Å². The summed E-state index contributed by atoms with van der Waals surface area (Å²) < 4.78 is 10.4. The van der Waals surface area contributed by atoms with Crippen molar-refractivity contribution in [2.45, 2.75) is 6.92 Å². The van der Waals surface area contributed by atoms with Crippen molar-refractivity contribution in [3.63, 3.8) is 0 Å². The molecule has 18 heavy (non-hydrogen) atoms. The van der Waals surface area contributed by atoms with Gasteiger partial charge in [0.05, 0.1) is 0 Å². The van der Waals surface area contributed by atoms with Gasteiger partial charge in [-0.3, -0.25) is 0 Å². The maximum absolute atomic E-state index is 5.28. The van der Waals surface area contributed by atoms with Crippen LogP contribution in [-0.2, 0) is 9.47 Å². The van der Waals surface area contributed by atoms with Crippen LogP contribution >= 0.6 is 0 Å². The summed E-state index contributed by atoms with van der Waals surface area (Å²) in [6.45, 7) is 14.2. The van der Waals surface area contributed by atoms with Crippen LogP contribution in [0.2, 0.25) is 0 Å². The summed E-state index contributed by atoms with van der Waals surface area (Å²) in [5.74, 6) is 1.28. The summed E-state index contributed by atoms with van der Waals surface area (Å²) in [4.78, 5) is 4.53. The number of hydrogen-bond donors (Lipinski definition) is 0. The van der Waals surface area contributed by atoms with Gasteiger partial charge in [-0.15, -0.1) is 0 Å². The lowest BCUT2D eigenvalue weighted by molar-refractivity contribution is 0.0979. The second-order valence-corrected chi connectivity index (χ2v) is 4.63. The Morgan fingerprint density at radius 1 is 1.28 bits per heavy atom. The number of nitrogens with zero attached hydrogens (tertiary/aromatic N) is 2. The van der Waals surface area contributed by atoms with E-state index < -0.39 is 0 Å². The van der Waals surface area contributed by atoms with Crippen LogP contribution < -0.4 is 0 Å². The van der Waals surface area contributed by atoms with Crippen molar-refractivity contribution >= 4 is 0 Å². The van der Waals surface area contributed by atoms with Crippen molar-refractivity contribution in [1.82, 2.24) is 9.80 Å². The minimum Gasteiger partial charge on any atom is -0.454 e. The lowest BCUT2D eigenvalue weighted by Gasteiger charge is -2.21. The molecule has 0 spiro atoms. The highest BCUT2D eigenvalue weighted by Gasteiger charge is 2.14. The van der Waals surface area contributed by atoms with Gasteiger partial charge in [0.15, 0.2) is 11.5 Å². The molecule has 0 N–H and O–H groups in total. The molecule has 1 aliphatic rings. The van der Waals surface area contributed by atoms with Crippen molar-refractivity contribution in [2.75, 3.05) is 47.1 Å².